The summed E-state index contributed by atoms with van der Waals surface area (Å²) in [6.45, 7) is 0.0619. The molecule has 10 heteroatoms. The van der Waals surface area contributed by atoms with Gasteiger partial charge in [-0.2, -0.15) is 5.10 Å². The zero-order chi connectivity index (χ0) is 23.0. The molecular formula is C22H19F5N4O. The third kappa shape index (κ3) is 4.17. The minimum absolute atomic E-state index is 0.0872. The Labute approximate surface area is 180 Å². The number of halogens is 5. The summed E-state index contributed by atoms with van der Waals surface area (Å²) >= 11 is 0. The van der Waals surface area contributed by atoms with Crippen LogP contribution in [0.5, 0.6) is 0 Å². The summed E-state index contributed by atoms with van der Waals surface area (Å²) in [5.41, 5.74) is 0.0403. The van der Waals surface area contributed by atoms with Gasteiger partial charge in [0.05, 0.1) is 11.3 Å². The minimum Gasteiger partial charge on any atom is -0.365 e. The number of rotatable bonds is 4. The molecule has 5 nitrogen and oxygen atoms in total. The van der Waals surface area contributed by atoms with E-state index >= 15 is 0 Å². The quantitative estimate of drug-likeness (QED) is 0.479. The maximum atomic E-state index is 14.6. The van der Waals surface area contributed by atoms with Crippen molar-refractivity contribution in [2.75, 3.05) is 18.0 Å². The molecular weight excluding hydrogens is 431 g/mol. The first-order chi connectivity index (χ1) is 15.2. The molecule has 4 rings (SSSR count). The van der Waals surface area contributed by atoms with Crippen LogP contribution in [0.1, 0.15) is 23.2 Å². The van der Waals surface area contributed by atoms with E-state index in [1.54, 1.807) is 30.1 Å². The lowest BCUT2D eigenvalue weighted by Crippen LogP contribution is -2.48. The van der Waals surface area contributed by atoms with Crippen molar-refractivity contribution in [2.45, 2.75) is 18.9 Å². The van der Waals surface area contributed by atoms with E-state index in [1.165, 1.54) is 12.1 Å². The fourth-order valence-corrected chi connectivity index (χ4v) is 3.83. The van der Waals surface area contributed by atoms with E-state index < -0.39 is 46.7 Å². The van der Waals surface area contributed by atoms with Crippen molar-refractivity contribution in [1.29, 1.82) is 0 Å². The first kappa shape index (κ1) is 21.8. The Hall–Kier alpha value is -3.43. The Balaban J connectivity index is 1.50. The summed E-state index contributed by atoms with van der Waals surface area (Å²) in [5, 5.41) is 6.82. The topological polar surface area (TPSA) is 50.2 Å². The molecule has 2 aromatic carbocycles. The predicted octanol–water partition coefficient (Wildman–Crippen LogP) is 4.18. The largest absolute Gasteiger partial charge is 0.365 e. The van der Waals surface area contributed by atoms with Crippen molar-refractivity contribution < 1.29 is 26.7 Å². The molecule has 1 fully saturated rings. The molecule has 0 aliphatic carbocycles. The number of carbonyl (C=O) groups is 1. The highest BCUT2D eigenvalue weighted by Crippen LogP contribution is 2.30. The zero-order valence-corrected chi connectivity index (χ0v) is 17.0. The molecule has 1 aliphatic rings. The van der Waals surface area contributed by atoms with Crippen molar-refractivity contribution in [3.8, 4) is 11.3 Å². The molecule has 32 heavy (non-hydrogen) atoms. The van der Waals surface area contributed by atoms with E-state index in [4.69, 9.17) is 0 Å². The van der Waals surface area contributed by atoms with Gasteiger partial charge in [0.2, 0.25) is 0 Å². The Kier molecular flexibility index (Phi) is 5.86. The molecule has 3 aromatic rings. The molecule has 1 N–H and O–H groups in total. The van der Waals surface area contributed by atoms with Crippen LogP contribution < -0.4 is 10.2 Å². The van der Waals surface area contributed by atoms with Crippen molar-refractivity contribution in [1.82, 2.24) is 15.1 Å². The summed E-state index contributed by atoms with van der Waals surface area (Å²) < 4.78 is 71.6. The van der Waals surface area contributed by atoms with E-state index in [9.17, 15) is 26.7 Å². The highest BCUT2D eigenvalue weighted by molar-refractivity contribution is 5.95. The maximum absolute atomic E-state index is 14.6. The molecule has 1 aromatic heterocycles. The molecule has 168 valence electrons. The highest BCUT2D eigenvalue weighted by atomic mass is 19.2. The third-order valence-corrected chi connectivity index (χ3v) is 5.38. The number of aryl methyl sites for hydroxylation is 1. The first-order valence-electron chi connectivity index (χ1n) is 9.93. The highest BCUT2D eigenvalue weighted by Gasteiger charge is 2.29. The van der Waals surface area contributed by atoms with Crippen LogP contribution in [0.25, 0.3) is 11.3 Å². The van der Waals surface area contributed by atoms with Crippen LogP contribution >= 0.6 is 0 Å². The summed E-state index contributed by atoms with van der Waals surface area (Å²) in [6, 6.07) is 5.35. The third-order valence-electron chi connectivity index (χ3n) is 5.38. The van der Waals surface area contributed by atoms with Gasteiger partial charge in [0.15, 0.2) is 23.3 Å². The predicted molar refractivity (Wildman–Crippen MR) is 108 cm³/mol. The summed E-state index contributed by atoms with van der Waals surface area (Å²) in [6.07, 6.45) is 2.57. The van der Waals surface area contributed by atoms with Crippen molar-refractivity contribution in [2.24, 2.45) is 7.05 Å². The van der Waals surface area contributed by atoms with Gasteiger partial charge in [0.25, 0.3) is 5.91 Å². The van der Waals surface area contributed by atoms with Gasteiger partial charge in [-0.3, -0.25) is 9.48 Å². The first-order valence-corrected chi connectivity index (χ1v) is 9.93. The van der Waals surface area contributed by atoms with Gasteiger partial charge >= 0.3 is 0 Å². The minimum atomic E-state index is -1.50. The van der Waals surface area contributed by atoms with E-state index in [2.05, 4.69) is 10.4 Å². The summed E-state index contributed by atoms with van der Waals surface area (Å²) in [7, 11) is 1.73. The second kappa shape index (κ2) is 8.60. The molecule has 0 spiro atoms. The number of amides is 1. The Bertz CT molecular complexity index is 1150. The van der Waals surface area contributed by atoms with Crippen LogP contribution in [0.3, 0.4) is 0 Å². The summed E-state index contributed by atoms with van der Waals surface area (Å²) in [4.78, 5) is 13.8. The standard InChI is InChI=1S/C22H19F5N4O/c1-30-8-6-18(29-30)12-4-5-14(15(23)9-12)22(32)28-13-3-2-7-31(11-13)21-19(26)16(24)10-17(25)20(21)27/h4-6,8-10,13H,2-3,7,11H2,1H3,(H,28,32)/t13-/m0/s1. The zero-order valence-electron chi connectivity index (χ0n) is 17.0. The van der Waals surface area contributed by atoms with E-state index in [0.29, 0.717) is 24.1 Å². The van der Waals surface area contributed by atoms with Gasteiger partial charge in [0.1, 0.15) is 11.5 Å². The monoisotopic (exact) mass is 450 g/mol. The average molecular weight is 450 g/mol. The number of carbonyl (C=O) groups excluding carboxylic acids is 1. The van der Waals surface area contributed by atoms with E-state index in [0.717, 1.165) is 4.90 Å². The molecule has 2 heterocycles. The van der Waals surface area contributed by atoms with Gasteiger partial charge in [-0.15, -0.1) is 0 Å². The van der Waals surface area contributed by atoms with Gasteiger partial charge in [-0.25, -0.2) is 22.0 Å². The Morgan fingerprint density at radius 2 is 1.75 bits per heavy atom. The lowest BCUT2D eigenvalue weighted by atomic mass is 10.0. The molecule has 1 atom stereocenters. The number of piperidine rings is 1. The fourth-order valence-electron chi connectivity index (χ4n) is 3.83. The number of nitrogens with one attached hydrogen (secondary N) is 1. The molecule has 1 saturated heterocycles. The van der Waals surface area contributed by atoms with Crippen LogP contribution in [0.4, 0.5) is 27.6 Å². The van der Waals surface area contributed by atoms with E-state index in [-0.39, 0.29) is 24.7 Å². The molecule has 0 radical (unpaired) electrons. The number of hydrogen-bond acceptors (Lipinski definition) is 3. The van der Waals surface area contributed by atoms with Crippen molar-refractivity contribution >= 4 is 11.6 Å². The van der Waals surface area contributed by atoms with Crippen LogP contribution in [-0.2, 0) is 7.05 Å². The van der Waals surface area contributed by atoms with Crippen LogP contribution in [0.2, 0.25) is 0 Å². The molecule has 0 unspecified atom stereocenters. The lowest BCUT2D eigenvalue weighted by molar-refractivity contribution is 0.0929. The van der Waals surface area contributed by atoms with Crippen LogP contribution in [0.15, 0.2) is 36.5 Å². The second-order valence-electron chi connectivity index (χ2n) is 7.64. The SMILES string of the molecule is Cn1ccc(-c2ccc(C(=O)N[C@H]3CCCN(c4c(F)c(F)cc(F)c4F)C3)c(F)c2)n1. The van der Waals surface area contributed by atoms with Crippen LogP contribution in [0, 0.1) is 29.1 Å². The fraction of sp³-hybridized carbons (Fsp3) is 0.273. The number of anilines is 1. The van der Waals surface area contributed by atoms with Gasteiger partial charge in [-0.1, -0.05) is 6.07 Å². The summed E-state index contributed by atoms with van der Waals surface area (Å²) in [5.74, 6) is -7.43. The smallest absolute Gasteiger partial charge is 0.254 e. The average Bonchev–Trinajstić information content (AvgIpc) is 3.19. The number of hydrogen-bond donors (Lipinski definition) is 1. The van der Waals surface area contributed by atoms with Gasteiger partial charge in [0, 0.05) is 44.0 Å². The number of nitrogens with zero attached hydrogens (tertiary/aromatic N) is 3. The molecule has 0 bridgehead atoms. The number of aromatic nitrogens is 2. The molecule has 1 amide bonds. The Morgan fingerprint density at radius 1 is 1.03 bits per heavy atom. The second-order valence-corrected chi connectivity index (χ2v) is 7.64. The van der Waals surface area contributed by atoms with Crippen molar-refractivity contribution in [3.63, 3.8) is 0 Å². The van der Waals surface area contributed by atoms with Crippen molar-refractivity contribution in [3.05, 3.63) is 71.2 Å². The van der Waals surface area contributed by atoms with E-state index in [1.807, 2.05) is 0 Å². The Morgan fingerprint density at radius 3 is 2.38 bits per heavy atom. The lowest BCUT2D eigenvalue weighted by Gasteiger charge is -2.35. The van der Waals surface area contributed by atoms with Gasteiger partial charge in [-0.05, 0) is 31.0 Å². The number of benzene rings is 2. The van der Waals surface area contributed by atoms with Gasteiger partial charge < -0.3 is 10.2 Å². The normalized spacial score (nSPS) is 16.3. The molecule has 1 aliphatic heterocycles. The maximum Gasteiger partial charge on any atom is 0.254 e. The molecule has 0 saturated carbocycles. The van der Waals surface area contributed by atoms with Crippen LogP contribution in [-0.4, -0.2) is 34.8 Å².